The lowest BCUT2D eigenvalue weighted by molar-refractivity contribution is -0.137. The second-order valence-electron chi connectivity index (χ2n) is 10.5. The number of amides is 2. The van der Waals surface area contributed by atoms with Gasteiger partial charge in [0.15, 0.2) is 0 Å². The Morgan fingerprint density at radius 2 is 1.67 bits per heavy atom. The first-order valence-corrected chi connectivity index (χ1v) is 12.7. The number of fused-ring (bicyclic) bond motifs is 2. The van der Waals surface area contributed by atoms with Crippen LogP contribution in [0.4, 0.5) is 13.2 Å². The van der Waals surface area contributed by atoms with Gasteiger partial charge in [-0.15, -0.1) is 0 Å². The largest absolute Gasteiger partial charge is 0.416 e. The number of nitrogens with one attached hydrogen (secondary N) is 1. The van der Waals surface area contributed by atoms with Crippen molar-refractivity contribution in [3.05, 3.63) is 70.8 Å². The summed E-state index contributed by atoms with van der Waals surface area (Å²) in [6, 6.07) is 13.6. The van der Waals surface area contributed by atoms with E-state index in [9.17, 15) is 22.8 Å². The molecule has 8 heteroatoms. The molecule has 0 aromatic heterocycles. The fourth-order valence-corrected chi connectivity index (χ4v) is 6.50. The van der Waals surface area contributed by atoms with Gasteiger partial charge in [0.05, 0.1) is 11.6 Å². The maximum Gasteiger partial charge on any atom is 0.416 e. The molecule has 1 spiro atoms. The van der Waals surface area contributed by atoms with E-state index in [0.717, 1.165) is 57.3 Å². The van der Waals surface area contributed by atoms with E-state index >= 15 is 0 Å². The predicted octanol–water partition coefficient (Wildman–Crippen LogP) is 4.92. The van der Waals surface area contributed by atoms with E-state index in [1.807, 2.05) is 6.07 Å². The van der Waals surface area contributed by atoms with E-state index in [1.54, 1.807) is 11.8 Å². The minimum absolute atomic E-state index is 0.00395. The Morgan fingerprint density at radius 1 is 0.972 bits per heavy atom. The summed E-state index contributed by atoms with van der Waals surface area (Å²) in [5.41, 5.74) is 1.99. The number of hydrogen-bond donors (Lipinski definition) is 1. The third kappa shape index (κ3) is 4.75. The first-order valence-electron chi connectivity index (χ1n) is 12.7. The molecule has 2 saturated heterocycles. The van der Waals surface area contributed by atoms with E-state index in [-0.39, 0.29) is 28.8 Å². The zero-order chi connectivity index (χ0) is 25.5. The summed E-state index contributed by atoms with van der Waals surface area (Å²) in [7, 11) is 0. The van der Waals surface area contributed by atoms with E-state index in [4.69, 9.17) is 0 Å². The third-order valence-electron chi connectivity index (χ3n) is 8.34. The van der Waals surface area contributed by atoms with Gasteiger partial charge in [0.1, 0.15) is 0 Å². The van der Waals surface area contributed by atoms with E-state index < -0.39 is 11.7 Å². The number of piperidine rings is 2. The summed E-state index contributed by atoms with van der Waals surface area (Å²) in [4.78, 5) is 28.8. The molecule has 2 aromatic carbocycles. The second-order valence-corrected chi connectivity index (χ2v) is 10.5. The number of rotatable bonds is 3. The molecule has 5 nitrogen and oxygen atoms in total. The van der Waals surface area contributed by atoms with Crippen LogP contribution in [0.25, 0.3) is 0 Å². The first-order chi connectivity index (χ1) is 17.2. The van der Waals surface area contributed by atoms with Crippen molar-refractivity contribution in [2.75, 3.05) is 26.2 Å². The van der Waals surface area contributed by atoms with Crippen LogP contribution in [0.1, 0.15) is 72.1 Å². The van der Waals surface area contributed by atoms with Crippen molar-refractivity contribution >= 4 is 11.8 Å². The molecule has 1 aliphatic carbocycles. The van der Waals surface area contributed by atoms with Gasteiger partial charge in [0.2, 0.25) is 5.91 Å². The number of alkyl halides is 3. The van der Waals surface area contributed by atoms with Gasteiger partial charge in [-0.25, -0.2) is 0 Å². The maximum atomic E-state index is 13.1. The van der Waals surface area contributed by atoms with Crippen molar-refractivity contribution in [1.82, 2.24) is 15.1 Å². The van der Waals surface area contributed by atoms with Crippen LogP contribution in [-0.4, -0.2) is 53.8 Å². The summed E-state index contributed by atoms with van der Waals surface area (Å²) in [6.07, 6.45) is 0.180. The van der Waals surface area contributed by atoms with Crippen molar-refractivity contribution in [3.63, 3.8) is 0 Å². The van der Waals surface area contributed by atoms with Gasteiger partial charge in [0.25, 0.3) is 5.91 Å². The number of nitrogens with zero attached hydrogens (tertiary/aromatic N) is 2. The highest BCUT2D eigenvalue weighted by atomic mass is 19.4. The quantitative estimate of drug-likeness (QED) is 0.652. The minimum atomic E-state index is -4.46. The van der Waals surface area contributed by atoms with Gasteiger partial charge in [-0.1, -0.05) is 30.3 Å². The smallest absolute Gasteiger partial charge is 0.349 e. The zero-order valence-corrected chi connectivity index (χ0v) is 20.5. The standard InChI is InChI=1S/C28H32F3N3O2/c1-19(35)32-25-18-27(24-8-3-2-7-23(24)25)11-15-33(16-12-27)22-9-13-34(14-10-22)26(36)20-5-4-6-21(17-20)28(29,30)31/h2-8,17,22,25H,9-16,18H2,1H3,(H,32,35). The molecule has 3 aliphatic rings. The number of carbonyl (C=O) groups excluding carboxylic acids is 2. The van der Waals surface area contributed by atoms with Gasteiger partial charge in [0, 0.05) is 37.0 Å². The summed E-state index contributed by atoms with van der Waals surface area (Å²) < 4.78 is 39.2. The summed E-state index contributed by atoms with van der Waals surface area (Å²) in [6.45, 7) is 4.60. The molecule has 1 N–H and O–H groups in total. The van der Waals surface area contributed by atoms with Crippen LogP contribution in [0.3, 0.4) is 0 Å². The minimum Gasteiger partial charge on any atom is -0.349 e. The highest BCUT2D eigenvalue weighted by Crippen LogP contribution is 2.51. The van der Waals surface area contributed by atoms with Crippen LogP contribution in [0.2, 0.25) is 0 Å². The summed E-state index contributed by atoms with van der Waals surface area (Å²) in [5.74, 6) is -0.334. The Hall–Kier alpha value is -2.87. The molecule has 0 radical (unpaired) electrons. The molecule has 0 saturated carbocycles. The molecule has 36 heavy (non-hydrogen) atoms. The Kier molecular flexibility index (Phi) is 6.57. The molecule has 0 bridgehead atoms. The van der Waals surface area contributed by atoms with E-state index in [1.165, 1.54) is 23.3 Å². The molecule has 5 rings (SSSR count). The van der Waals surface area contributed by atoms with E-state index in [0.29, 0.717) is 19.1 Å². The molecule has 2 heterocycles. The van der Waals surface area contributed by atoms with Crippen LogP contribution >= 0.6 is 0 Å². The van der Waals surface area contributed by atoms with Crippen molar-refractivity contribution in [1.29, 1.82) is 0 Å². The molecule has 1 unspecified atom stereocenters. The van der Waals surface area contributed by atoms with Crippen molar-refractivity contribution in [3.8, 4) is 0 Å². The molecule has 2 amide bonds. The lowest BCUT2D eigenvalue weighted by atomic mass is 9.73. The molecule has 2 aliphatic heterocycles. The fourth-order valence-electron chi connectivity index (χ4n) is 6.50. The van der Waals surface area contributed by atoms with Gasteiger partial charge < -0.3 is 15.1 Å². The van der Waals surface area contributed by atoms with Crippen LogP contribution < -0.4 is 5.32 Å². The Balaban J connectivity index is 1.19. The fraction of sp³-hybridized carbons (Fsp3) is 0.500. The Labute approximate surface area is 209 Å². The zero-order valence-electron chi connectivity index (χ0n) is 20.5. The number of benzene rings is 2. The number of hydrogen-bond acceptors (Lipinski definition) is 3. The molecule has 2 aromatic rings. The lowest BCUT2D eigenvalue weighted by Gasteiger charge is -2.45. The van der Waals surface area contributed by atoms with Gasteiger partial charge >= 0.3 is 6.18 Å². The lowest BCUT2D eigenvalue weighted by Crippen LogP contribution is -2.51. The number of carbonyl (C=O) groups is 2. The molecular formula is C28H32F3N3O2. The average molecular weight is 500 g/mol. The van der Waals surface area contributed by atoms with Crippen LogP contribution in [0.5, 0.6) is 0 Å². The topological polar surface area (TPSA) is 52.7 Å². The molecule has 1 atom stereocenters. The van der Waals surface area contributed by atoms with Crippen LogP contribution in [-0.2, 0) is 16.4 Å². The maximum absolute atomic E-state index is 13.1. The van der Waals surface area contributed by atoms with Crippen molar-refractivity contribution in [2.45, 2.75) is 62.7 Å². The normalized spacial score (nSPS) is 22.4. The molecule has 2 fully saturated rings. The number of halogens is 3. The molecule has 192 valence electrons. The van der Waals surface area contributed by atoms with Gasteiger partial charge in [-0.3, -0.25) is 9.59 Å². The average Bonchev–Trinajstić information content (AvgIpc) is 3.16. The van der Waals surface area contributed by atoms with Crippen molar-refractivity contribution < 1.29 is 22.8 Å². The van der Waals surface area contributed by atoms with Gasteiger partial charge in [-0.2, -0.15) is 13.2 Å². The highest BCUT2D eigenvalue weighted by Gasteiger charge is 2.46. The Bertz CT molecular complexity index is 1130. The predicted molar refractivity (Wildman–Crippen MR) is 130 cm³/mol. The SMILES string of the molecule is CC(=O)NC1CC2(CCN(C3CCN(C(=O)c4cccc(C(F)(F)F)c4)CC3)CC2)c2ccccc21. The second kappa shape index (κ2) is 9.54. The summed E-state index contributed by atoms with van der Waals surface area (Å²) in [5, 5.41) is 3.13. The van der Waals surface area contributed by atoms with E-state index in [2.05, 4.69) is 28.4 Å². The van der Waals surface area contributed by atoms with Crippen LogP contribution in [0, 0.1) is 0 Å². The first kappa shape index (κ1) is 24.8. The summed E-state index contributed by atoms with van der Waals surface area (Å²) >= 11 is 0. The highest BCUT2D eigenvalue weighted by molar-refractivity contribution is 5.94. The number of likely N-dealkylation sites (tertiary alicyclic amines) is 2. The molecular weight excluding hydrogens is 467 g/mol. The third-order valence-corrected chi connectivity index (χ3v) is 8.34. The van der Waals surface area contributed by atoms with Crippen LogP contribution in [0.15, 0.2) is 48.5 Å². The van der Waals surface area contributed by atoms with Gasteiger partial charge in [-0.05, 0) is 74.5 Å². The Morgan fingerprint density at radius 3 is 2.33 bits per heavy atom. The monoisotopic (exact) mass is 499 g/mol. The van der Waals surface area contributed by atoms with Crippen molar-refractivity contribution in [2.24, 2.45) is 0 Å².